The van der Waals surface area contributed by atoms with Crippen LogP contribution in [0.15, 0.2) is 28.7 Å². The van der Waals surface area contributed by atoms with Gasteiger partial charge in [-0.25, -0.2) is 0 Å². The Labute approximate surface area is 124 Å². The Hall–Kier alpha value is -2.01. The van der Waals surface area contributed by atoms with Crippen molar-refractivity contribution < 1.29 is 13.9 Å². The number of anilines is 1. The van der Waals surface area contributed by atoms with Crippen LogP contribution < -0.4 is 5.73 Å². The lowest BCUT2D eigenvalue weighted by molar-refractivity contribution is 0.0644. The number of ether oxygens (including phenoxy) is 1. The summed E-state index contributed by atoms with van der Waals surface area (Å²) in [5.74, 6) is 0.605. The minimum absolute atomic E-state index is 0.115. The third kappa shape index (κ3) is 3.76. The number of furan rings is 1. The predicted octanol–water partition coefficient (Wildman–Crippen LogP) is 2.76. The molecule has 2 rings (SSSR count). The fourth-order valence-electron chi connectivity index (χ4n) is 2.24. The van der Waals surface area contributed by atoms with E-state index in [-0.39, 0.29) is 5.91 Å². The molecule has 0 aliphatic carbocycles. The minimum atomic E-state index is -0.115. The largest absolute Gasteiger partial charge is 0.451 e. The maximum atomic E-state index is 12.6. The average molecular weight is 290 g/mol. The van der Waals surface area contributed by atoms with Gasteiger partial charge in [0.25, 0.3) is 5.91 Å². The number of amides is 1. The molecule has 0 aliphatic heterocycles. The van der Waals surface area contributed by atoms with Crippen LogP contribution in [-0.4, -0.2) is 37.6 Å². The highest BCUT2D eigenvalue weighted by Crippen LogP contribution is 2.23. The molecule has 2 aromatic rings. The lowest BCUT2D eigenvalue weighted by atomic mass is 10.2. The van der Waals surface area contributed by atoms with Crippen LogP contribution in [0.3, 0.4) is 0 Å². The molecule has 0 radical (unpaired) electrons. The van der Waals surface area contributed by atoms with Crippen LogP contribution in [0.5, 0.6) is 0 Å². The molecule has 5 heteroatoms. The highest BCUT2D eigenvalue weighted by molar-refractivity contribution is 5.96. The van der Waals surface area contributed by atoms with Gasteiger partial charge < -0.3 is 19.8 Å². The SMILES string of the molecule is COCCN(CC(C)C)C(=O)c1cc2cc(N)ccc2o1. The Morgan fingerprint density at radius 3 is 2.81 bits per heavy atom. The topological polar surface area (TPSA) is 68.7 Å². The number of methoxy groups -OCH3 is 1. The summed E-state index contributed by atoms with van der Waals surface area (Å²) in [5, 5.41) is 0.842. The maximum Gasteiger partial charge on any atom is 0.289 e. The molecule has 21 heavy (non-hydrogen) atoms. The van der Waals surface area contributed by atoms with Crippen LogP contribution in [0.4, 0.5) is 5.69 Å². The Balaban J connectivity index is 2.24. The average Bonchev–Trinajstić information content (AvgIpc) is 2.85. The normalized spacial score (nSPS) is 11.2. The summed E-state index contributed by atoms with van der Waals surface area (Å²) in [6.45, 7) is 5.87. The fraction of sp³-hybridized carbons (Fsp3) is 0.438. The highest BCUT2D eigenvalue weighted by atomic mass is 16.5. The van der Waals surface area contributed by atoms with Gasteiger partial charge in [0, 0.05) is 31.3 Å². The van der Waals surface area contributed by atoms with Crippen molar-refractivity contribution in [1.29, 1.82) is 0 Å². The standard InChI is InChI=1S/C16H22N2O3/c1-11(2)10-18(6-7-20-3)16(19)15-9-12-8-13(17)4-5-14(12)21-15/h4-5,8-9,11H,6-7,10,17H2,1-3H3. The van der Waals surface area contributed by atoms with Crippen LogP contribution in [-0.2, 0) is 4.74 Å². The predicted molar refractivity (Wildman–Crippen MR) is 83.2 cm³/mol. The molecule has 1 aromatic carbocycles. The van der Waals surface area contributed by atoms with Crippen LogP contribution in [0.25, 0.3) is 11.0 Å². The fourth-order valence-corrected chi connectivity index (χ4v) is 2.24. The molecule has 1 aromatic heterocycles. The summed E-state index contributed by atoms with van der Waals surface area (Å²) >= 11 is 0. The molecule has 0 bridgehead atoms. The number of carbonyl (C=O) groups excluding carboxylic acids is 1. The number of rotatable bonds is 6. The van der Waals surface area contributed by atoms with Crippen molar-refractivity contribution in [1.82, 2.24) is 4.90 Å². The van der Waals surface area contributed by atoms with E-state index < -0.39 is 0 Å². The lowest BCUT2D eigenvalue weighted by Gasteiger charge is -2.23. The monoisotopic (exact) mass is 290 g/mol. The zero-order valence-electron chi connectivity index (χ0n) is 12.8. The van der Waals surface area contributed by atoms with Crippen LogP contribution in [0, 0.1) is 5.92 Å². The summed E-state index contributed by atoms with van der Waals surface area (Å²) in [4.78, 5) is 14.3. The van der Waals surface area contributed by atoms with Gasteiger partial charge in [0.2, 0.25) is 0 Å². The van der Waals surface area contributed by atoms with Gasteiger partial charge in [0.1, 0.15) is 5.58 Å². The summed E-state index contributed by atoms with van der Waals surface area (Å²) < 4.78 is 10.7. The van der Waals surface area contributed by atoms with Crippen molar-refractivity contribution in [3.63, 3.8) is 0 Å². The number of benzene rings is 1. The summed E-state index contributed by atoms with van der Waals surface area (Å²) in [7, 11) is 1.63. The third-order valence-corrected chi connectivity index (χ3v) is 3.19. The van der Waals surface area contributed by atoms with E-state index in [1.54, 1.807) is 36.3 Å². The van der Waals surface area contributed by atoms with Crippen LogP contribution in [0.1, 0.15) is 24.4 Å². The minimum Gasteiger partial charge on any atom is -0.451 e. The molecule has 0 aliphatic rings. The van der Waals surface area contributed by atoms with Gasteiger partial charge in [0.05, 0.1) is 6.61 Å². The van der Waals surface area contributed by atoms with E-state index in [4.69, 9.17) is 14.9 Å². The van der Waals surface area contributed by atoms with E-state index in [0.717, 1.165) is 5.39 Å². The third-order valence-electron chi connectivity index (χ3n) is 3.19. The van der Waals surface area contributed by atoms with E-state index in [2.05, 4.69) is 13.8 Å². The van der Waals surface area contributed by atoms with Crippen molar-refractivity contribution in [3.8, 4) is 0 Å². The molecule has 114 valence electrons. The van der Waals surface area contributed by atoms with Crippen molar-refractivity contribution in [2.45, 2.75) is 13.8 Å². The van der Waals surface area contributed by atoms with E-state index >= 15 is 0 Å². The van der Waals surface area contributed by atoms with Crippen molar-refractivity contribution in [2.24, 2.45) is 5.92 Å². The second kappa shape index (κ2) is 6.63. The first-order valence-corrected chi connectivity index (χ1v) is 7.08. The van der Waals surface area contributed by atoms with Crippen molar-refractivity contribution in [2.75, 3.05) is 32.5 Å². The highest BCUT2D eigenvalue weighted by Gasteiger charge is 2.20. The van der Waals surface area contributed by atoms with Gasteiger partial charge in [0.15, 0.2) is 5.76 Å². The van der Waals surface area contributed by atoms with Crippen LogP contribution >= 0.6 is 0 Å². The molecule has 0 saturated heterocycles. The first-order valence-electron chi connectivity index (χ1n) is 7.08. The molecular formula is C16H22N2O3. The molecule has 0 atom stereocenters. The van der Waals surface area contributed by atoms with Gasteiger partial charge in [-0.05, 0) is 30.2 Å². The zero-order chi connectivity index (χ0) is 15.4. The first kappa shape index (κ1) is 15.4. The van der Waals surface area contributed by atoms with Gasteiger partial charge in [-0.3, -0.25) is 4.79 Å². The summed E-state index contributed by atoms with van der Waals surface area (Å²) in [6, 6.07) is 7.09. The Morgan fingerprint density at radius 2 is 2.14 bits per heavy atom. The number of nitrogens with two attached hydrogens (primary N) is 1. The Kier molecular flexibility index (Phi) is 4.85. The number of hydrogen-bond acceptors (Lipinski definition) is 4. The quantitative estimate of drug-likeness (QED) is 0.831. The second-order valence-corrected chi connectivity index (χ2v) is 5.55. The summed E-state index contributed by atoms with van der Waals surface area (Å²) in [5.41, 5.74) is 7.07. The molecule has 0 fully saturated rings. The van der Waals surface area contributed by atoms with Crippen LogP contribution in [0.2, 0.25) is 0 Å². The molecule has 2 N–H and O–H groups in total. The van der Waals surface area contributed by atoms with E-state index in [1.165, 1.54) is 0 Å². The van der Waals surface area contributed by atoms with Crippen molar-refractivity contribution in [3.05, 3.63) is 30.0 Å². The molecule has 0 unspecified atom stereocenters. The Bertz CT molecular complexity index is 619. The van der Waals surface area contributed by atoms with Crippen molar-refractivity contribution >= 4 is 22.6 Å². The molecule has 1 amide bonds. The van der Waals surface area contributed by atoms with Gasteiger partial charge in [-0.15, -0.1) is 0 Å². The smallest absolute Gasteiger partial charge is 0.289 e. The molecule has 5 nitrogen and oxygen atoms in total. The van der Waals surface area contributed by atoms with E-state index in [9.17, 15) is 4.79 Å². The molecule has 0 spiro atoms. The van der Waals surface area contributed by atoms with Gasteiger partial charge in [-0.2, -0.15) is 0 Å². The molecule has 1 heterocycles. The van der Waals surface area contributed by atoms with Gasteiger partial charge in [-0.1, -0.05) is 13.8 Å². The van der Waals surface area contributed by atoms with Gasteiger partial charge >= 0.3 is 0 Å². The lowest BCUT2D eigenvalue weighted by Crippen LogP contribution is -2.36. The number of nitrogen functional groups attached to an aromatic ring is 1. The first-order chi connectivity index (χ1) is 10.0. The maximum absolute atomic E-state index is 12.6. The number of carbonyl (C=O) groups is 1. The molecule has 0 saturated carbocycles. The summed E-state index contributed by atoms with van der Waals surface area (Å²) in [6.07, 6.45) is 0. The number of fused-ring (bicyclic) bond motifs is 1. The second-order valence-electron chi connectivity index (χ2n) is 5.55. The van der Waals surface area contributed by atoms with E-state index in [1.807, 2.05) is 0 Å². The Morgan fingerprint density at radius 1 is 1.38 bits per heavy atom. The number of nitrogens with zero attached hydrogens (tertiary/aromatic N) is 1. The zero-order valence-corrected chi connectivity index (χ0v) is 12.8. The van der Waals surface area contributed by atoms with E-state index in [0.29, 0.717) is 42.6 Å². The molecular weight excluding hydrogens is 268 g/mol. The number of hydrogen-bond donors (Lipinski definition) is 1.